The van der Waals surface area contributed by atoms with Crippen LogP contribution in [0.25, 0.3) is 0 Å². The minimum atomic E-state index is 0.239. The smallest absolute Gasteiger partial charge is 0.0375 e. The molecule has 1 atom stereocenters. The molecule has 1 heterocycles. The lowest BCUT2D eigenvalue weighted by atomic mass is 9.84. The van der Waals surface area contributed by atoms with Gasteiger partial charge in [0.2, 0.25) is 0 Å². The Balaban J connectivity index is 2.20. The Hall–Kier alpha value is -1.02. The fourth-order valence-electron chi connectivity index (χ4n) is 2.45. The quantitative estimate of drug-likeness (QED) is 0.822. The van der Waals surface area contributed by atoms with Gasteiger partial charge in [-0.1, -0.05) is 32.9 Å². The predicted octanol–water partition coefficient (Wildman–Crippen LogP) is 3.06. The largest absolute Gasteiger partial charge is 0.382 e. The summed E-state index contributed by atoms with van der Waals surface area (Å²) in [5.41, 5.74) is 10.1. The van der Waals surface area contributed by atoms with Crippen molar-refractivity contribution < 1.29 is 0 Å². The summed E-state index contributed by atoms with van der Waals surface area (Å²) < 4.78 is 0. The lowest BCUT2D eigenvalue weighted by molar-refractivity contribution is 0.578. The molecule has 1 unspecified atom stereocenters. The highest BCUT2D eigenvalue weighted by molar-refractivity contribution is 5.56. The van der Waals surface area contributed by atoms with Crippen LogP contribution in [-0.2, 0) is 11.8 Å². The van der Waals surface area contributed by atoms with Crippen LogP contribution in [0.4, 0.5) is 5.69 Å². The monoisotopic (exact) mass is 232 g/mol. The number of aryl methyl sites for hydroxylation is 1. The molecule has 2 rings (SSSR count). The van der Waals surface area contributed by atoms with Gasteiger partial charge in [0.15, 0.2) is 0 Å². The van der Waals surface area contributed by atoms with Gasteiger partial charge in [0.25, 0.3) is 0 Å². The van der Waals surface area contributed by atoms with Gasteiger partial charge in [0.05, 0.1) is 0 Å². The van der Waals surface area contributed by atoms with E-state index in [0.717, 1.165) is 13.0 Å². The van der Waals surface area contributed by atoms with E-state index < -0.39 is 0 Å². The molecule has 94 valence electrons. The molecule has 0 fully saturated rings. The highest BCUT2D eigenvalue weighted by Crippen LogP contribution is 2.31. The van der Waals surface area contributed by atoms with E-state index in [1.807, 2.05) is 0 Å². The standard InChI is InChI=1S/C15H24N2/c1-15(2,3)12-5-7-14-11(10-12)4-6-13(17-14)8-9-16/h5,7,10,13,17H,4,6,8-9,16H2,1-3H3. The van der Waals surface area contributed by atoms with E-state index in [9.17, 15) is 0 Å². The topological polar surface area (TPSA) is 38.0 Å². The molecule has 1 aliphatic heterocycles. The molecule has 1 aromatic rings. The average molecular weight is 232 g/mol. The molecule has 17 heavy (non-hydrogen) atoms. The van der Waals surface area contributed by atoms with Crippen molar-refractivity contribution in [3.05, 3.63) is 29.3 Å². The van der Waals surface area contributed by atoms with Crippen LogP contribution in [0.3, 0.4) is 0 Å². The molecule has 0 aromatic heterocycles. The van der Waals surface area contributed by atoms with E-state index in [0.29, 0.717) is 6.04 Å². The van der Waals surface area contributed by atoms with E-state index in [-0.39, 0.29) is 5.41 Å². The number of nitrogens with one attached hydrogen (secondary N) is 1. The number of fused-ring (bicyclic) bond motifs is 1. The first-order valence-corrected chi connectivity index (χ1v) is 6.61. The fraction of sp³-hybridized carbons (Fsp3) is 0.600. The molecule has 0 radical (unpaired) electrons. The van der Waals surface area contributed by atoms with Crippen molar-refractivity contribution in [2.24, 2.45) is 5.73 Å². The van der Waals surface area contributed by atoms with Crippen LogP contribution in [0.5, 0.6) is 0 Å². The third-order valence-electron chi connectivity index (χ3n) is 3.61. The van der Waals surface area contributed by atoms with Crippen molar-refractivity contribution >= 4 is 5.69 Å². The van der Waals surface area contributed by atoms with Crippen LogP contribution in [0.2, 0.25) is 0 Å². The molecule has 2 heteroatoms. The first kappa shape index (κ1) is 12.4. The SMILES string of the molecule is CC(C)(C)c1ccc2c(c1)CCC(CCN)N2. The minimum absolute atomic E-state index is 0.239. The molecule has 0 aliphatic carbocycles. The van der Waals surface area contributed by atoms with Crippen LogP contribution >= 0.6 is 0 Å². The maximum absolute atomic E-state index is 5.62. The van der Waals surface area contributed by atoms with Crippen LogP contribution in [-0.4, -0.2) is 12.6 Å². The summed E-state index contributed by atoms with van der Waals surface area (Å²) in [4.78, 5) is 0. The van der Waals surface area contributed by atoms with Crippen LogP contribution in [0.1, 0.15) is 44.7 Å². The third kappa shape index (κ3) is 2.81. The number of rotatable bonds is 2. The Morgan fingerprint density at radius 2 is 2.12 bits per heavy atom. The zero-order valence-corrected chi connectivity index (χ0v) is 11.2. The van der Waals surface area contributed by atoms with Crippen molar-refractivity contribution in [1.82, 2.24) is 0 Å². The maximum atomic E-state index is 5.62. The predicted molar refractivity (Wildman–Crippen MR) is 74.5 cm³/mol. The molecular weight excluding hydrogens is 208 g/mol. The number of hydrogen-bond acceptors (Lipinski definition) is 2. The first-order chi connectivity index (χ1) is 8.00. The van der Waals surface area contributed by atoms with Gasteiger partial charge in [-0.3, -0.25) is 0 Å². The van der Waals surface area contributed by atoms with Gasteiger partial charge < -0.3 is 11.1 Å². The molecule has 0 bridgehead atoms. The summed E-state index contributed by atoms with van der Waals surface area (Å²) in [5, 5.41) is 3.60. The normalized spacial score (nSPS) is 19.6. The molecule has 0 saturated heterocycles. The van der Waals surface area contributed by atoms with Gasteiger partial charge in [-0.2, -0.15) is 0 Å². The number of nitrogens with two attached hydrogens (primary N) is 1. The molecular formula is C15H24N2. The molecule has 2 nitrogen and oxygen atoms in total. The van der Waals surface area contributed by atoms with Crippen LogP contribution in [0.15, 0.2) is 18.2 Å². The van der Waals surface area contributed by atoms with Gasteiger partial charge in [-0.25, -0.2) is 0 Å². The zero-order chi connectivity index (χ0) is 12.5. The molecule has 3 N–H and O–H groups in total. The summed E-state index contributed by atoms with van der Waals surface area (Å²) in [5.74, 6) is 0. The number of hydrogen-bond donors (Lipinski definition) is 2. The fourth-order valence-corrected chi connectivity index (χ4v) is 2.45. The zero-order valence-electron chi connectivity index (χ0n) is 11.2. The maximum Gasteiger partial charge on any atom is 0.0375 e. The highest BCUT2D eigenvalue weighted by Gasteiger charge is 2.20. The van der Waals surface area contributed by atoms with Crippen molar-refractivity contribution in [2.75, 3.05) is 11.9 Å². The van der Waals surface area contributed by atoms with Crippen LogP contribution < -0.4 is 11.1 Å². The molecule has 0 saturated carbocycles. The summed E-state index contributed by atoms with van der Waals surface area (Å²) in [6, 6.07) is 7.41. The van der Waals surface area contributed by atoms with Crippen LogP contribution in [0, 0.1) is 0 Å². The number of benzene rings is 1. The molecule has 0 spiro atoms. The lowest BCUT2D eigenvalue weighted by Crippen LogP contribution is -2.28. The van der Waals surface area contributed by atoms with Crippen molar-refractivity contribution in [3.8, 4) is 0 Å². The lowest BCUT2D eigenvalue weighted by Gasteiger charge is -2.29. The summed E-state index contributed by atoms with van der Waals surface area (Å²) in [6.07, 6.45) is 3.45. The first-order valence-electron chi connectivity index (χ1n) is 6.61. The Kier molecular flexibility index (Phi) is 3.43. The van der Waals surface area contributed by atoms with E-state index in [1.165, 1.54) is 29.7 Å². The Bertz CT molecular complexity index is 390. The summed E-state index contributed by atoms with van der Waals surface area (Å²) >= 11 is 0. The summed E-state index contributed by atoms with van der Waals surface area (Å²) in [6.45, 7) is 7.57. The van der Waals surface area contributed by atoms with E-state index in [2.05, 4.69) is 44.3 Å². The third-order valence-corrected chi connectivity index (χ3v) is 3.61. The Labute approximate surface area is 105 Å². The minimum Gasteiger partial charge on any atom is -0.382 e. The Morgan fingerprint density at radius 1 is 1.35 bits per heavy atom. The van der Waals surface area contributed by atoms with Gasteiger partial charge in [-0.15, -0.1) is 0 Å². The van der Waals surface area contributed by atoms with Crippen molar-refractivity contribution in [1.29, 1.82) is 0 Å². The Morgan fingerprint density at radius 3 is 2.76 bits per heavy atom. The van der Waals surface area contributed by atoms with Gasteiger partial charge in [0, 0.05) is 11.7 Å². The molecule has 0 amide bonds. The second-order valence-corrected chi connectivity index (χ2v) is 6.08. The van der Waals surface area contributed by atoms with Crippen molar-refractivity contribution in [3.63, 3.8) is 0 Å². The van der Waals surface area contributed by atoms with E-state index in [4.69, 9.17) is 5.73 Å². The molecule has 1 aromatic carbocycles. The van der Waals surface area contributed by atoms with Gasteiger partial charge in [-0.05, 0) is 48.4 Å². The number of anilines is 1. The molecule has 1 aliphatic rings. The van der Waals surface area contributed by atoms with Gasteiger partial charge >= 0.3 is 0 Å². The van der Waals surface area contributed by atoms with E-state index >= 15 is 0 Å². The second kappa shape index (κ2) is 4.69. The van der Waals surface area contributed by atoms with Gasteiger partial charge in [0.1, 0.15) is 0 Å². The van der Waals surface area contributed by atoms with Crippen molar-refractivity contribution in [2.45, 2.75) is 51.5 Å². The van der Waals surface area contributed by atoms with E-state index in [1.54, 1.807) is 0 Å². The summed E-state index contributed by atoms with van der Waals surface area (Å²) in [7, 11) is 0. The highest BCUT2D eigenvalue weighted by atomic mass is 14.9. The average Bonchev–Trinajstić information content (AvgIpc) is 2.27. The second-order valence-electron chi connectivity index (χ2n) is 6.08.